The molecule has 1 heterocycles. The second-order valence-electron chi connectivity index (χ2n) is 6.44. The summed E-state index contributed by atoms with van der Waals surface area (Å²) in [6, 6.07) is 9.61. The predicted octanol–water partition coefficient (Wildman–Crippen LogP) is 1.16. The highest BCUT2D eigenvalue weighted by molar-refractivity contribution is 5.84. The first-order valence-corrected chi connectivity index (χ1v) is 9.43. The summed E-state index contributed by atoms with van der Waals surface area (Å²) in [5, 5.41) is 2.77. The second kappa shape index (κ2) is 11.3. The number of amides is 2. The number of rotatable bonds is 9. The maximum Gasteiger partial charge on any atom is 0.311 e. The van der Waals surface area contributed by atoms with Crippen LogP contribution < -0.4 is 5.32 Å². The number of hydrogen-bond acceptors (Lipinski definition) is 5. The average molecular weight is 376 g/mol. The predicted molar refractivity (Wildman–Crippen MR) is 99.9 cm³/mol. The highest BCUT2D eigenvalue weighted by Crippen LogP contribution is 2.10. The Bertz CT molecular complexity index is 614. The van der Waals surface area contributed by atoms with Crippen molar-refractivity contribution in [2.75, 3.05) is 39.5 Å². The summed E-state index contributed by atoms with van der Waals surface area (Å²) in [5.74, 6) is -1.06. The van der Waals surface area contributed by atoms with Crippen molar-refractivity contribution in [2.45, 2.75) is 26.2 Å². The average Bonchev–Trinajstić information content (AvgIpc) is 2.70. The highest BCUT2D eigenvalue weighted by Gasteiger charge is 2.22. The van der Waals surface area contributed by atoms with Gasteiger partial charge in [-0.2, -0.15) is 0 Å². The van der Waals surface area contributed by atoms with Crippen LogP contribution in [0, 0.1) is 5.92 Å². The zero-order valence-electron chi connectivity index (χ0n) is 15.8. The Morgan fingerprint density at radius 2 is 1.85 bits per heavy atom. The largest absolute Gasteiger partial charge is 0.466 e. The molecule has 0 aliphatic carbocycles. The standard InChI is InChI=1S/C20H28N2O5/c1-2-27-20(25)17(14-16-6-4-3-5-7-16)15-21-18(23)8-9-19(24)22-10-12-26-13-11-22/h3-7,17H,2,8-15H2,1H3,(H,21,23)/t17-/m1/s1. The molecule has 1 fully saturated rings. The third kappa shape index (κ3) is 7.38. The van der Waals surface area contributed by atoms with Crippen LogP contribution in [0.1, 0.15) is 25.3 Å². The molecule has 1 aliphatic rings. The lowest BCUT2D eigenvalue weighted by Crippen LogP contribution is -2.41. The Labute approximate surface area is 160 Å². The van der Waals surface area contributed by atoms with Gasteiger partial charge < -0.3 is 19.7 Å². The molecule has 2 amide bonds. The Kier molecular flexibility index (Phi) is 8.77. The minimum absolute atomic E-state index is 0.0420. The van der Waals surface area contributed by atoms with Crippen molar-refractivity contribution < 1.29 is 23.9 Å². The van der Waals surface area contributed by atoms with Crippen LogP contribution >= 0.6 is 0 Å². The molecule has 27 heavy (non-hydrogen) atoms. The van der Waals surface area contributed by atoms with E-state index in [2.05, 4.69) is 5.32 Å². The summed E-state index contributed by atoms with van der Waals surface area (Å²) in [4.78, 5) is 38.1. The van der Waals surface area contributed by atoms with E-state index in [0.717, 1.165) is 5.56 Å². The van der Waals surface area contributed by atoms with Gasteiger partial charge in [-0.1, -0.05) is 30.3 Å². The number of nitrogens with zero attached hydrogens (tertiary/aromatic N) is 1. The number of esters is 1. The molecule has 0 unspecified atom stereocenters. The van der Waals surface area contributed by atoms with Crippen LogP contribution in [0.25, 0.3) is 0 Å². The van der Waals surface area contributed by atoms with E-state index < -0.39 is 5.92 Å². The number of carbonyl (C=O) groups excluding carboxylic acids is 3. The molecule has 7 nitrogen and oxygen atoms in total. The van der Waals surface area contributed by atoms with Gasteiger partial charge >= 0.3 is 5.97 Å². The SMILES string of the molecule is CCOC(=O)[C@@H](CNC(=O)CCC(=O)N1CCOCC1)Cc1ccccc1. The van der Waals surface area contributed by atoms with Crippen LogP contribution in [0.3, 0.4) is 0 Å². The first-order valence-electron chi connectivity index (χ1n) is 9.43. The quantitative estimate of drug-likeness (QED) is 0.654. The maximum atomic E-state index is 12.2. The van der Waals surface area contributed by atoms with Crippen LogP contribution in [0.2, 0.25) is 0 Å². The molecule has 1 aliphatic heterocycles. The first kappa shape index (κ1) is 20.9. The third-order valence-corrected chi connectivity index (χ3v) is 4.42. The van der Waals surface area contributed by atoms with Gasteiger partial charge in [-0.05, 0) is 18.9 Å². The Morgan fingerprint density at radius 3 is 2.52 bits per heavy atom. The van der Waals surface area contributed by atoms with E-state index in [1.807, 2.05) is 30.3 Å². The molecule has 0 spiro atoms. The Balaban J connectivity index is 1.79. The number of hydrogen-bond donors (Lipinski definition) is 1. The van der Waals surface area contributed by atoms with Gasteiger partial charge in [-0.15, -0.1) is 0 Å². The molecule has 2 rings (SSSR count). The minimum atomic E-state index is -0.453. The van der Waals surface area contributed by atoms with Crippen molar-refractivity contribution in [3.05, 3.63) is 35.9 Å². The Hall–Kier alpha value is -2.41. The van der Waals surface area contributed by atoms with Gasteiger partial charge in [-0.3, -0.25) is 14.4 Å². The van der Waals surface area contributed by atoms with E-state index in [-0.39, 0.29) is 37.2 Å². The zero-order valence-corrected chi connectivity index (χ0v) is 15.8. The van der Waals surface area contributed by atoms with E-state index in [1.54, 1.807) is 11.8 Å². The van der Waals surface area contributed by atoms with Crippen LogP contribution in [-0.2, 0) is 30.3 Å². The molecule has 0 aromatic heterocycles. The van der Waals surface area contributed by atoms with Crippen molar-refractivity contribution >= 4 is 17.8 Å². The molecule has 1 aromatic carbocycles. The van der Waals surface area contributed by atoms with Gasteiger partial charge in [0, 0.05) is 32.5 Å². The van der Waals surface area contributed by atoms with Crippen molar-refractivity contribution in [1.29, 1.82) is 0 Å². The summed E-state index contributed by atoms with van der Waals surface area (Å²) in [7, 11) is 0. The van der Waals surface area contributed by atoms with Crippen LogP contribution in [0.5, 0.6) is 0 Å². The van der Waals surface area contributed by atoms with E-state index in [0.29, 0.717) is 39.3 Å². The van der Waals surface area contributed by atoms with Crippen molar-refractivity contribution in [3.8, 4) is 0 Å². The lowest BCUT2D eigenvalue weighted by molar-refractivity contribution is -0.148. The van der Waals surface area contributed by atoms with Crippen LogP contribution in [-0.4, -0.2) is 62.1 Å². The van der Waals surface area contributed by atoms with E-state index in [1.165, 1.54) is 0 Å². The van der Waals surface area contributed by atoms with Crippen molar-refractivity contribution in [3.63, 3.8) is 0 Å². The summed E-state index contributed by atoms with van der Waals surface area (Å²) < 4.78 is 10.3. The molecule has 1 aromatic rings. The molecular formula is C20H28N2O5. The summed E-state index contributed by atoms with van der Waals surface area (Å²) >= 11 is 0. The fourth-order valence-corrected chi connectivity index (χ4v) is 2.91. The number of ether oxygens (including phenoxy) is 2. The summed E-state index contributed by atoms with van der Waals surface area (Å²) in [6.45, 7) is 4.47. The van der Waals surface area contributed by atoms with Crippen molar-refractivity contribution in [2.24, 2.45) is 5.92 Å². The van der Waals surface area contributed by atoms with Gasteiger partial charge in [0.05, 0.1) is 25.7 Å². The van der Waals surface area contributed by atoms with Gasteiger partial charge in [0.1, 0.15) is 0 Å². The molecule has 148 valence electrons. The molecular weight excluding hydrogens is 348 g/mol. The molecule has 1 atom stereocenters. The molecule has 1 N–H and O–H groups in total. The van der Waals surface area contributed by atoms with E-state index in [9.17, 15) is 14.4 Å². The fourth-order valence-electron chi connectivity index (χ4n) is 2.91. The first-order chi connectivity index (χ1) is 13.1. The van der Waals surface area contributed by atoms with Crippen LogP contribution in [0.15, 0.2) is 30.3 Å². The van der Waals surface area contributed by atoms with Gasteiger partial charge in [0.25, 0.3) is 0 Å². The minimum Gasteiger partial charge on any atom is -0.466 e. The number of benzene rings is 1. The Morgan fingerprint density at radius 1 is 1.15 bits per heavy atom. The number of nitrogens with one attached hydrogen (secondary N) is 1. The molecule has 0 bridgehead atoms. The second-order valence-corrected chi connectivity index (χ2v) is 6.44. The summed E-state index contributed by atoms with van der Waals surface area (Å²) in [6.07, 6.45) is 0.762. The highest BCUT2D eigenvalue weighted by atomic mass is 16.5. The van der Waals surface area contributed by atoms with Gasteiger partial charge in [-0.25, -0.2) is 0 Å². The van der Waals surface area contributed by atoms with Crippen molar-refractivity contribution in [1.82, 2.24) is 10.2 Å². The zero-order chi connectivity index (χ0) is 19.5. The van der Waals surface area contributed by atoms with Gasteiger partial charge in [0.15, 0.2) is 0 Å². The molecule has 0 saturated carbocycles. The number of carbonyl (C=O) groups is 3. The third-order valence-electron chi connectivity index (χ3n) is 4.42. The van der Waals surface area contributed by atoms with Gasteiger partial charge in [0.2, 0.25) is 11.8 Å². The smallest absolute Gasteiger partial charge is 0.311 e. The summed E-state index contributed by atoms with van der Waals surface area (Å²) in [5.41, 5.74) is 1.01. The molecule has 7 heteroatoms. The van der Waals surface area contributed by atoms with Crippen LogP contribution in [0.4, 0.5) is 0 Å². The lowest BCUT2D eigenvalue weighted by Gasteiger charge is -2.26. The topological polar surface area (TPSA) is 84.9 Å². The normalized spacial score (nSPS) is 15.1. The maximum absolute atomic E-state index is 12.2. The molecule has 0 radical (unpaired) electrons. The number of morpholine rings is 1. The fraction of sp³-hybridized carbons (Fsp3) is 0.550. The van der Waals surface area contributed by atoms with E-state index >= 15 is 0 Å². The van der Waals surface area contributed by atoms with E-state index in [4.69, 9.17) is 9.47 Å². The monoisotopic (exact) mass is 376 g/mol. The lowest BCUT2D eigenvalue weighted by atomic mass is 9.99. The molecule has 1 saturated heterocycles.